The van der Waals surface area contributed by atoms with Gasteiger partial charge in [0.15, 0.2) is 0 Å². The average Bonchev–Trinajstić information content (AvgIpc) is 2.78. The molecule has 0 aromatic heterocycles. The summed E-state index contributed by atoms with van der Waals surface area (Å²) in [5, 5.41) is 5.89. The van der Waals surface area contributed by atoms with E-state index in [1.807, 2.05) is 79.4 Å². The molecule has 0 spiro atoms. The molecular weight excluding hydrogens is 404 g/mol. The first-order valence-electron chi connectivity index (χ1n) is 11.1. The summed E-state index contributed by atoms with van der Waals surface area (Å²) in [7, 11) is 0. The van der Waals surface area contributed by atoms with Crippen LogP contribution in [0, 0.1) is 5.92 Å². The second-order valence-electron chi connectivity index (χ2n) is 8.31. The molecule has 1 unspecified atom stereocenters. The number of hydrogen-bond donors (Lipinski definition) is 3. The van der Waals surface area contributed by atoms with E-state index >= 15 is 0 Å². The fourth-order valence-corrected chi connectivity index (χ4v) is 4.11. The van der Waals surface area contributed by atoms with Crippen LogP contribution >= 0.6 is 0 Å². The van der Waals surface area contributed by atoms with Gasteiger partial charge in [-0.3, -0.25) is 19.3 Å². The molecule has 7 nitrogen and oxygen atoms in total. The highest BCUT2D eigenvalue weighted by molar-refractivity contribution is 5.91. The highest BCUT2D eigenvalue weighted by Gasteiger charge is 2.43. The molecular formula is C25H32N4O3. The molecule has 2 aromatic rings. The lowest BCUT2D eigenvalue weighted by Crippen LogP contribution is -2.63. The van der Waals surface area contributed by atoms with Crippen LogP contribution in [0.4, 0.5) is 0 Å². The lowest BCUT2D eigenvalue weighted by atomic mass is 9.88. The molecule has 2 aromatic carbocycles. The van der Waals surface area contributed by atoms with Gasteiger partial charge < -0.3 is 16.4 Å². The fourth-order valence-electron chi connectivity index (χ4n) is 4.11. The first-order valence-corrected chi connectivity index (χ1v) is 11.1. The van der Waals surface area contributed by atoms with Crippen LogP contribution in [0.3, 0.4) is 0 Å². The first-order chi connectivity index (χ1) is 15.4. The minimum atomic E-state index is -1.02. The topological polar surface area (TPSA) is 105 Å². The number of carbonyl (C=O) groups is 3. The Labute approximate surface area is 189 Å². The number of nitrogens with one attached hydrogen (secondary N) is 2. The Balaban J connectivity index is 1.67. The Morgan fingerprint density at radius 2 is 1.56 bits per heavy atom. The van der Waals surface area contributed by atoms with E-state index in [1.54, 1.807) is 0 Å². The standard InChI is InChI=1S/C25H32N4O3/c1-3-25(4-2,24(26)32)28-22(30)20-16-29(17-20)21(19-13-9-6-10-14-19)23(31)27-15-18-11-7-5-8-12-18/h5-14,20-21H,3-4,15-17H2,1-2H3,(H2,26,32)(H,27,31)(H,28,30). The summed E-state index contributed by atoms with van der Waals surface area (Å²) in [6, 6.07) is 18.8. The quantitative estimate of drug-likeness (QED) is 0.531. The Bertz CT molecular complexity index is 923. The third kappa shape index (κ3) is 5.16. The third-order valence-corrected chi connectivity index (χ3v) is 6.36. The molecule has 1 atom stereocenters. The van der Waals surface area contributed by atoms with Gasteiger partial charge in [0.25, 0.3) is 0 Å². The first kappa shape index (κ1) is 23.5. The zero-order valence-electron chi connectivity index (χ0n) is 18.7. The van der Waals surface area contributed by atoms with Crippen LogP contribution in [0.2, 0.25) is 0 Å². The van der Waals surface area contributed by atoms with Gasteiger partial charge >= 0.3 is 0 Å². The van der Waals surface area contributed by atoms with Crippen molar-refractivity contribution in [2.75, 3.05) is 13.1 Å². The van der Waals surface area contributed by atoms with Gasteiger partial charge in [-0.05, 0) is 24.0 Å². The molecule has 3 amide bonds. The van der Waals surface area contributed by atoms with Gasteiger partial charge in [-0.1, -0.05) is 74.5 Å². The van der Waals surface area contributed by atoms with Gasteiger partial charge in [-0.25, -0.2) is 0 Å². The van der Waals surface area contributed by atoms with Gasteiger partial charge in [0.1, 0.15) is 11.6 Å². The number of nitrogens with zero attached hydrogens (tertiary/aromatic N) is 1. The van der Waals surface area contributed by atoms with Gasteiger partial charge in [-0.2, -0.15) is 0 Å². The largest absolute Gasteiger partial charge is 0.368 e. The number of likely N-dealkylation sites (tertiary alicyclic amines) is 1. The number of benzene rings is 2. The number of hydrogen-bond acceptors (Lipinski definition) is 4. The summed E-state index contributed by atoms with van der Waals surface area (Å²) >= 11 is 0. The Kier molecular flexibility index (Phi) is 7.64. The smallest absolute Gasteiger partial charge is 0.243 e. The van der Waals surface area contributed by atoms with Crippen molar-refractivity contribution < 1.29 is 14.4 Å². The zero-order chi connectivity index (χ0) is 23.1. The molecule has 0 aliphatic carbocycles. The molecule has 1 aliphatic heterocycles. The van der Waals surface area contributed by atoms with Gasteiger partial charge in [0, 0.05) is 19.6 Å². The van der Waals surface area contributed by atoms with Crippen LogP contribution in [-0.2, 0) is 20.9 Å². The van der Waals surface area contributed by atoms with E-state index in [9.17, 15) is 14.4 Å². The molecule has 170 valence electrons. The number of primary amides is 1. The molecule has 3 rings (SSSR count). The van der Waals surface area contributed by atoms with Crippen LogP contribution in [0.1, 0.15) is 43.9 Å². The fraction of sp³-hybridized carbons (Fsp3) is 0.400. The highest BCUT2D eigenvalue weighted by atomic mass is 16.2. The Morgan fingerprint density at radius 3 is 2.09 bits per heavy atom. The lowest BCUT2D eigenvalue weighted by molar-refractivity contribution is -0.141. The summed E-state index contributed by atoms with van der Waals surface area (Å²) in [6.07, 6.45) is 0.880. The number of carbonyl (C=O) groups excluding carboxylic acids is 3. The van der Waals surface area contributed by atoms with E-state index in [2.05, 4.69) is 10.6 Å². The van der Waals surface area contributed by atoms with Crippen LogP contribution in [0.25, 0.3) is 0 Å². The van der Waals surface area contributed by atoms with E-state index in [1.165, 1.54) is 0 Å². The molecule has 32 heavy (non-hydrogen) atoms. The van der Waals surface area contributed by atoms with E-state index in [4.69, 9.17) is 5.73 Å². The predicted octanol–water partition coefficient (Wildman–Crippen LogP) is 2.14. The summed E-state index contributed by atoms with van der Waals surface area (Å²) in [5.41, 5.74) is 6.44. The number of rotatable bonds is 10. The van der Waals surface area contributed by atoms with Gasteiger partial charge in [-0.15, -0.1) is 0 Å². The normalized spacial score (nSPS) is 15.4. The maximum Gasteiger partial charge on any atom is 0.243 e. The van der Waals surface area contributed by atoms with E-state index in [0.29, 0.717) is 32.5 Å². The van der Waals surface area contributed by atoms with E-state index in [-0.39, 0.29) is 17.7 Å². The Hall–Kier alpha value is -3.19. The molecule has 0 saturated carbocycles. The Morgan fingerprint density at radius 1 is 1.00 bits per heavy atom. The van der Waals surface area contributed by atoms with Crippen molar-refractivity contribution in [2.24, 2.45) is 11.7 Å². The third-order valence-electron chi connectivity index (χ3n) is 6.36. The maximum absolute atomic E-state index is 13.1. The van der Waals surface area contributed by atoms with Crippen molar-refractivity contribution in [3.63, 3.8) is 0 Å². The molecule has 1 fully saturated rings. The maximum atomic E-state index is 13.1. The van der Waals surface area contributed by atoms with Crippen LogP contribution in [0.5, 0.6) is 0 Å². The van der Waals surface area contributed by atoms with Crippen molar-refractivity contribution >= 4 is 17.7 Å². The minimum absolute atomic E-state index is 0.104. The minimum Gasteiger partial charge on any atom is -0.368 e. The average molecular weight is 437 g/mol. The molecule has 0 radical (unpaired) electrons. The van der Waals surface area contributed by atoms with Crippen LogP contribution < -0.4 is 16.4 Å². The summed E-state index contributed by atoms with van der Waals surface area (Å²) in [6.45, 7) is 4.99. The monoisotopic (exact) mass is 436 g/mol. The lowest BCUT2D eigenvalue weighted by Gasteiger charge is -2.44. The zero-order valence-corrected chi connectivity index (χ0v) is 18.7. The molecule has 1 heterocycles. The molecule has 1 aliphatic rings. The second-order valence-corrected chi connectivity index (χ2v) is 8.31. The predicted molar refractivity (Wildman–Crippen MR) is 123 cm³/mol. The van der Waals surface area contributed by atoms with Crippen LogP contribution in [-0.4, -0.2) is 41.2 Å². The van der Waals surface area contributed by atoms with E-state index in [0.717, 1.165) is 11.1 Å². The SMILES string of the molecule is CCC(CC)(NC(=O)C1CN(C(C(=O)NCc2ccccc2)c2ccccc2)C1)C(N)=O. The van der Waals surface area contributed by atoms with Gasteiger partial charge in [0.05, 0.1) is 5.92 Å². The van der Waals surface area contributed by atoms with E-state index < -0.39 is 17.5 Å². The molecule has 0 bridgehead atoms. The van der Waals surface area contributed by atoms with Crippen molar-refractivity contribution in [3.05, 3.63) is 71.8 Å². The second kappa shape index (κ2) is 10.4. The van der Waals surface area contributed by atoms with Crippen LogP contribution in [0.15, 0.2) is 60.7 Å². The summed E-state index contributed by atoms with van der Waals surface area (Å²) in [5.74, 6) is -1.11. The summed E-state index contributed by atoms with van der Waals surface area (Å²) < 4.78 is 0. The van der Waals surface area contributed by atoms with Crippen molar-refractivity contribution in [2.45, 2.75) is 44.8 Å². The molecule has 7 heteroatoms. The van der Waals surface area contributed by atoms with Crippen molar-refractivity contribution in [1.82, 2.24) is 15.5 Å². The highest BCUT2D eigenvalue weighted by Crippen LogP contribution is 2.30. The molecule has 4 N–H and O–H groups in total. The number of nitrogens with two attached hydrogens (primary N) is 1. The van der Waals surface area contributed by atoms with Crippen molar-refractivity contribution in [3.8, 4) is 0 Å². The number of amides is 3. The van der Waals surface area contributed by atoms with Gasteiger partial charge in [0.2, 0.25) is 17.7 Å². The summed E-state index contributed by atoms with van der Waals surface area (Å²) in [4.78, 5) is 39.8. The molecule has 1 saturated heterocycles. The van der Waals surface area contributed by atoms with Crippen molar-refractivity contribution in [1.29, 1.82) is 0 Å².